The number of likely N-dealkylation sites (N-methyl/N-ethyl adjacent to an activating group) is 1. The van der Waals surface area contributed by atoms with Gasteiger partial charge in [-0.3, -0.25) is 4.98 Å². The molecule has 1 aromatic rings. The van der Waals surface area contributed by atoms with E-state index in [4.69, 9.17) is 0 Å². The molecule has 2 atom stereocenters. The summed E-state index contributed by atoms with van der Waals surface area (Å²) in [5, 5.41) is 14.3. The van der Waals surface area contributed by atoms with Crippen LogP contribution >= 0.6 is 12.4 Å². The highest BCUT2D eigenvalue weighted by Crippen LogP contribution is 2.43. The summed E-state index contributed by atoms with van der Waals surface area (Å²) in [6.07, 6.45) is 7.56. The fourth-order valence-electron chi connectivity index (χ4n) is 2.74. The van der Waals surface area contributed by atoms with Crippen LogP contribution in [0.3, 0.4) is 0 Å². The second kappa shape index (κ2) is 5.34. The van der Waals surface area contributed by atoms with Crippen LogP contribution < -0.4 is 5.32 Å². The zero-order chi connectivity index (χ0) is 11.6. The van der Waals surface area contributed by atoms with E-state index in [2.05, 4.69) is 17.2 Å². The van der Waals surface area contributed by atoms with Gasteiger partial charge in [-0.1, -0.05) is 18.9 Å². The normalized spacial score (nSPS) is 32.9. The molecule has 1 aliphatic carbocycles. The van der Waals surface area contributed by atoms with Crippen LogP contribution in [-0.4, -0.2) is 22.7 Å². The summed E-state index contributed by atoms with van der Waals surface area (Å²) in [4.78, 5) is 4.12. The molecule has 1 fully saturated rings. The molecule has 1 aliphatic rings. The summed E-state index contributed by atoms with van der Waals surface area (Å²) >= 11 is 0. The summed E-state index contributed by atoms with van der Waals surface area (Å²) in [5.74, 6) is 0. The van der Waals surface area contributed by atoms with Crippen LogP contribution in [0.15, 0.2) is 24.5 Å². The van der Waals surface area contributed by atoms with Crippen LogP contribution in [0.25, 0.3) is 0 Å². The monoisotopic (exact) mass is 256 g/mol. The molecule has 0 bridgehead atoms. The predicted molar refractivity (Wildman–Crippen MR) is 71.3 cm³/mol. The number of hydrogen-bond donors (Lipinski definition) is 2. The van der Waals surface area contributed by atoms with Gasteiger partial charge < -0.3 is 10.4 Å². The highest BCUT2D eigenvalue weighted by molar-refractivity contribution is 5.85. The number of nitrogens with zero attached hydrogens (tertiary/aromatic N) is 1. The molecule has 1 saturated carbocycles. The number of pyridine rings is 1. The molecule has 0 aromatic carbocycles. The fraction of sp³-hybridized carbons (Fsp3) is 0.615. The lowest BCUT2D eigenvalue weighted by molar-refractivity contribution is -0.0782. The Bertz CT molecular complexity index is 360. The lowest BCUT2D eigenvalue weighted by Gasteiger charge is -2.48. The van der Waals surface area contributed by atoms with Crippen molar-refractivity contribution in [3.63, 3.8) is 0 Å². The van der Waals surface area contributed by atoms with Gasteiger partial charge in [0.25, 0.3) is 0 Å². The largest absolute Gasteiger partial charge is 0.383 e. The Balaban J connectivity index is 0.00000144. The van der Waals surface area contributed by atoms with Gasteiger partial charge in [-0.05, 0) is 32.9 Å². The first-order valence-corrected chi connectivity index (χ1v) is 5.94. The van der Waals surface area contributed by atoms with Crippen molar-refractivity contribution in [3.8, 4) is 0 Å². The van der Waals surface area contributed by atoms with Crippen LogP contribution in [0, 0.1) is 0 Å². The molecule has 0 aliphatic heterocycles. The second-order valence-corrected chi connectivity index (χ2v) is 4.89. The molecule has 1 aromatic heterocycles. The Kier molecular flexibility index (Phi) is 4.53. The van der Waals surface area contributed by atoms with Crippen molar-refractivity contribution in [2.24, 2.45) is 0 Å². The van der Waals surface area contributed by atoms with Gasteiger partial charge in [0.1, 0.15) is 5.60 Å². The van der Waals surface area contributed by atoms with Gasteiger partial charge in [0.15, 0.2) is 0 Å². The summed E-state index contributed by atoms with van der Waals surface area (Å²) in [6, 6.07) is 3.85. The van der Waals surface area contributed by atoms with Gasteiger partial charge in [0.05, 0.1) is 0 Å². The fourth-order valence-corrected chi connectivity index (χ4v) is 2.74. The van der Waals surface area contributed by atoms with E-state index in [-0.39, 0.29) is 17.9 Å². The van der Waals surface area contributed by atoms with Crippen molar-refractivity contribution in [1.82, 2.24) is 10.3 Å². The molecule has 2 unspecified atom stereocenters. The maximum absolute atomic E-state index is 11.0. The van der Waals surface area contributed by atoms with Crippen LogP contribution in [0.4, 0.5) is 0 Å². The first kappa shape index (κ1) is 14.4. The Labute approximate surface area is 109 Å². The maximum Gasteiger partial charge on any atom is 0.109 e. The minimum Gasteiger partial charge on any atom is -0.383 e. The molecule has 3 nitrogen and oxygen atoms in total. The average Bonchev–Trinajstić information content (AvgIpc) is 2.34. The van der Waals surface area contributed by atoms with Gasteiger partial charge in [-0.2, -0.15) is 0 Å². The van der Waals surface area contributed by atoms with E-state index in [1.54, 1.807) is 12.4 Å². The highest BCUT2D eigenvalue weighted by Gasteiger charge is 2.48. The van der Waals surface area contributed by atoms with Gasteiger partial charge in [-0.15, -0.1) is 12.4 Å². The molecule has 96 valence electrons. The van der Waals surface area contributed by atoms with Gasteiger partial charge in [0.2, 0.25) is 0 Å². The minimum absolute atomic E-state index is 0. The number of rotatable bonds is 2. The molecule has 0 spiro atoms. The smallest absolute Gasteiger partial charge is 0.109 e. The molecule has 0 radical (unpaired) electrons. The quantitative estimate of drug-likeness (QED) is 0.853. The van der Waals surface area contributed by atoms with Crippen molar-refractivity contribution in [2.75, 3.05) is 7.05 Å². The zero-order valence-electron chi connectivity index (χ0n) is 10.4. The molecule has 1 heterocycles. The topological polar surface area (TPSA) is 45.1 Å². The van der Waals surface area contributed by atoms with E-state index in [1.807, 2.05) is 19.2 Å². The SMILES string of the molecule is CNC1(C)CCCCC1(O)c1cccnc1.Cl. The third-order valence-corrected chi connectivity index (χ3v) is 4.07. The zero-order valence-corrected chi connectivity index (χ0v) is 11.3. The van der Waals surface area contributed by atoms with Crippen molar-refractivity contribution >= 4 is 12.4 Å². The van der Waals surface area contributed by atoms with Crippen LogP contribution in [0.1, 0.15) is 38.2 Å². The van der Waals surface area contributed by atoms with Crippen molar-refractivity contribution in [1.29, 1.82) is 0 Å². The minimum atomic E-state index is -0.797. The van der Waals surface area contributed by atoms with Crippen molar-refractivity contribution in [3.05, 3.63) is 30.1 Å². The molecule has 2 N–H and O–H groups in total. The summed E-state index contributed by atoms with van der Waals surface area (Å²) < 4.78 is 0. The maximum atomic E-state index is 11.0. The van der Waals surface area contributed by atoms with E-state index in [9.17, 15) is 5.11 Å². The lowest BCUT2D eigenvalue weighted by Crippen LogP contribution is -2.59. The number of aromatic nitrogens is 1. The number of halogens is 1. The highest BCUT2D eigenvalue weighted by atomic mass is 35.5. The summed E-state index contributed by atoms with van der Waals surface area (Å²) in [5.41, 5.74) is -0.130. The van der Waals surface area contributed by atoms with Gasteiger partial charge in [-0.25, -0.2) is 0 Å². The molecule has 4 heteroatoms. The first-order valence-electron chi connectivity index (χ1n) is 5.94. The Morgan fingerprint density at radius 2 is 2.06 bits per heavy atom. The molecular weight excluding hydrogens is 236 g/mol. The summed E-state index contributed by atoms with van der Waals surface area (Å²) in [7, 11) is 1.92. The van der Waals surface area contributed by atoms with E-state index in [1.165, 1.54) is 6.42 Å². The molecule has 17 heavy (non-hydrogen) atoms. The Hall–Kier alpha value is -0.640. The van der Waals surface area contributed by atoms with Gasteiger partial charge >= 0.3 is 0 Å². The van der Waals surface area contributed by atoms with Crippen molar-refractivity contribution in [2.45, 2.75) is 43.7 Å². The van der Waals surface area contributed by atoms with E-state index in [0.29, 0.717) is 0 Å². The predicted octanol–water partition coefficient (Wildman–Crippen LogP) is 2.24. The number of nitrogens with one attached hydrogen (secondary N) is 1. The first-order chi connectivity index (χ1) is 7.62. The van der Waals surface area contributed by atoms with Crippen LogP contribution in [0.2, 0.25) is 0 Å². The van der Waals surface area contributed by atoms with E-state index >= 15 is 0 Å². The van der Waals surface area contributed by atoms with Gasteiger partial charge in [0, 0.05) is 23.5 Å². The standard InChI is InChI=1S/C13H20N2O.ClH/c1-12(14-2)7-3-4-8-13(12,16)11-6-5-9-15-10-11;/h5-6,9-10,14,16H,3-4,7-8H2,1-2H3;1H. The Morgan fingerprint density at radius 1 is 1.35 bits per heavy atom. The average molecular weight is 257 g/mol. The van der Waals surface area contributed by atoms with E-state index < -0.39 is 5.60 Å². The third kappa shape index (κ3) is 2.32. The van der Waals surface area contributed by atoms with Crippen LogP contribution in [-0.2, 0) is 5.60 Å². The third-order valence-electron chi connectivity index (χ3n) is 4.07. The lowest BCUT2D eigenvalue weighted by atomic mass is 9.67. The molecule has 0 saturated heterocycles. The van der Waals surface area contributed by atoms with Crippen LogP contribution in [0.5, 0.6) is 0 Å². The number of hydrogen-bond acceptors (Lipinski definition) is 3. The molecule has 2 rings (SSSR count). The molecular formula is C13H21ClN2O. The second-order valence-electron chi connectivity index (χ2n) is 4.89. The molecule has 0 amide bonds. The number of aliphatic hydroxyl groups is 1. The Morgan fingerprint density at radius 3 is 2.65 bits per heavy atom. The van der Waals surface area contributed by atoms with E-state index in [0.717, 1.165) is 24.8 Å². The summed E-state index contributed by atoms with van der Waals surface area (Å²) in [6.45, 7) is 2.10. The van der Waals surface area contributed by atoms with Crippen molar-refractivity contribution < 1.29 is 5.11 Å².